The number of nitrogens with one attached hydrogen (secondary N) is 1. The number of esters is 1. The normalized spacial score (nSPS) is 10.7. The molecule has 0 aliphatic heterocycles. The number of carbonyl (C=O) groups excluding carboxylic acids is 2. The topological polar surface area (TPSA) is 95.5 Å². The van der Waals surface area contributed by atoms with Gasteiger partial charge in [0.25, 0.3) is 5.91 Å². The molecule has 3 aromatic rings. The Hall–Kier alpha value is -3.75. The molecule has 0 saturated heterocycles. The number of benzene rings is 3. The summed E-state index contributed by atoms with van der Waals surface area (Å²) in [6.45, 7) is 4.70. The lowest BCUT2D eigenvalue weighted by atomic mass is 10.2. The maximum Gasteiger partial charge on any atom is 0.345 e. The van der Waals surface area contributed by atoms with Crippen molar-refractivity contribution < 1.29 is 28.5 Å². The molecule has 8 nitrogen and oxygen atoms in total. The summed E-state index contributed by atoms with van der Waals surface area (Å²) in [6.07, 6.45) is 3.49. The van der Waals surface area contributed by atoms with Crippen LogP contribution in [0.5, 0.6) is 23.0 Å². The maximum atomic E-state index is 12.6. The van der Waals surface area contributed by atoms with E-state index in [9.17, 15) is 9.59 Å². The van der Waals surface area contributed by atoms with E-state index in [0.29, 0.717) is 35.3 Å². The number of hydrazone groups is 1. The number of carbonyl (C=O) groups is 2. The maximum absolute atomic E-state index is 12.6. The number of nitrogens with zero attached hydrogens (tertiary/aromatic N) is 1. The van der Waals surface area contributed by atoms with Crippen LogP contribution in [0.4, 0.5) is 0 Å². The molecular weight excluding hydrogens is 531 g/mol. The van der Waals surface area contributed by atoms with E-state index in [0.717, 1.165) is 18.6 Å². The van der Waals surface area contributed by atoms with E-state index in [1.54, 1.807) is 55.5 Å². The first-order valence-corrected chi connectivity index (χ1v) is 12.8. The van der Waals surface area contributed by atoms with Gasteiger partial charge in [0.2, 0.25) is 0 Å². The summed E-state index contributed by atoms with van der Waals surface area (Å²) in [5, 5.41) is 4.54. The van der Waals surface area contributed by atoms with Crippen LogP contribution >= 0.6 is 23.2 Å². The number of halogens is 2. The second kappa shape index (κ2) is 14.9. The Labute approximate surface area is 231 Å². The van der Waals surface area contributed by atoms with Crippen molar-refractivity contribution in [1.82, 2.24) is 5.43 Å². The first-order chi connectivity index (χ1) is 18.4. The highest BCUT2D eigenvalue weighted by atomic mass is 35.5. The Morgan fingerprint density at radius 1 is 0.895 bits per heavy atom. The lowest BCUT2D eigenvalue weighted by Gasteiger charge is -2.12. The number of hydrogen-bond donors (Lipinski definition) is 1. The Bertz CT molecular complexity index is 1260. The highest BCUT2D eigenvalue weighted by molar-refractivity contribution is 6.36. The summed E-state index contributed by atoms with van der Waals surface area (Å²) < 4.78 is 22.2. The fraction of sp³-hybridized carbons (Fsp3) is 0.250. The van der Waals surface area contributed by atoms with E-state index in [-0.39, 0.29) is 22.9 Å². The fourth-order valence-corrected chi connectivity index (χ4v) is 3.58. The third kappa shape index (κ3) is 8.97. The second-order valence-electron chi connectivity index (χ2n) is 7.91. The van der Waals surface area contributed by atoms with Gasteiger partial charge in [0.1, 0.15) is 11.5 Å². The van der Waals surface area contributed by atoms with Crippen molar-refractivity contribution in [3.05, 3.63) is 81.8 Å². The van der Waals surface area contributed by atoms with Crippen molar-refractivity contribution in [1.29, 1.82) is 0 Å². The molecule has 38 heavy (non-hydrogen) atoms. The third-order valence-electron chi connectivity index (χ3n) is 4.98. The lowest BCUT2D eigenvalue weighted by molar-refractivity contribution is -0.123. The summed E-state index contributed by atoms with van der Waals surface area (Å²) in [4.78, 5) is 24.7. The van der Waals surface area contributed by atoms with Crippen LogP contribution in [-0.2, 0) is 4.79 Å². The first kappa shape index (κ1) is 28.8. The molecule has 0 aromatic heterocycles. The van der Waals surface area contributed by atoms with Gasteiger partial charge in [-0.2, -0.15) is 5.10 Å². The van der Waals surface area contributed by atoms with E-state index in [1.807, 2.05) is 0 Å². The fourth-order valence-electron chi connectivity index (χ4n) is 3.09. The van der Waals surface area contributed by atoms with Crippen molar-refractivity contribution in [2.24, 2.45) is 5.10 Å². The second-order valence-corrected chi connectivity index (χ2v) is 8.75. The Morgan fingerprint density at radius 2 is 1.63 bits per heavy atom. The number of unbranched alkanes of at least 4 members (excludes halogenated alkanes) is 1. The van der Waals surface area contributed by atoms with Crippen LogP contribution in [-0.4, -0.2) is 37.9 Å². The quantitative estimate of drug-likeness (QED) is 0.0866. The minimum absolute atomic E-state index is 0.172. The van der Waals surface area contributed by atoms with Gasteiger partial charge in [-0.15, -0.1) is 0 Å². The SMILES string of the molecule is CCCCOc1ccc(OCC(=O)N/N=C/c2ccc(OC(=O)c3ccc(Cl)cc3Cl)c(OCC)c2)cc1. The standard InChI is InChI=1S/C28H28Cl2N2O6/c1-3-5-14-36-21-8-10-22(11-9-21)37-18-27(33)32-31-17-19-6-13-25(26(15-19)35-4-2)38-28(34)23-12-7-20(29)16-24(23)30/h6-13,15-17H,3-5,14,18H2,1-2H3,(H,32,33)/b31-17+. The monoisotopic (exact) mass is 558 g/mol. The van der Waals surface area contributed by atoms with Crippen LogP contribution in [0.15, 0.2) is 65.8 Å². The Balaban J connectivity index is 1.53. The van der Waals surface area contributed by atoms with Crippen molar-refractivity contribution in [2.75, 3.05) is 19.8 Å². The molecule has 3 aromatic carbocycles. The molecule has 0 fully saturated rings. The highest BCUT2D eigenvalue weighted by Gasteiger charge is 2.16. The Kier molecular flexibility index (Phi) is 11.3. The van der Waals surface area contributed by atoms with Crippen molar-refractivity contribution >= 4 is 41.3 Å². The molecule has 0 radical (unpaired) electrons. The summed E-state index contributed by atoms with van der Waals surface area (Å²) in [5.74, 6) is 0.741. The molecule has 0 unspecified atom stereocenters. The number of hydrogen-bond acceptors (Lipinski definition) is 7. The molecule has 0 atom stereocenters. The van der Waals surface area contributed by atoms with Gasteiger partial charge in [-0.3, -0.25) is 4.79 Å². The van der Waals surface area contributed by atoms with Gasteiger partial charge < -0.3 is 18.9 Å². The minimum Gasteiger partial charge on any atom is -0.494 e. The molecule has 3 rings (SSSR count). The van der Waals surface area contributed by atoms with Crippen LogP contribution in [0.3, 0.4) is 0 Å². The average molecular weight is 559 g/mol. The van der Waals surface area contributed by atoms with Gasteiger partial charge in [-0.25, -0.2) is 10.2 Å². The lowest BCUT2D eigenvalue weighted by Crippen LogP contribution is -2.24. The van der Waals surface area contributed by atoms with E-state index in [4.69, 9.17) is 42.1 Å². The molecule has 0 heterocycles. The summed E-state index contributed by atoms with van der Waals surface area (Å²) in [6, 6.07) is 16.4. The molecule has 0 spiro atoms. The zero-order valence-electron chi connectivity index (χ0n) is 21.0. The molecule has 1 amide bonds. The first-order valence-electron chi connectivity index (χ1n) is 12.0. The molecule has 0 aliphatic carbocycles. The molecule has 1 N–H and O–H groups in total. The predicted octanol–water partition coefficient (Wildman–Crippen LogP) is 6.32. The molecule has 0 bridgehead atoms. The third-order valence-corrected chi connectivity index (χ3v) is 5.53. The number of rotatable bonds is 13. The van der Waals surface area contributed by atoms with Crippen LogP contribution in [0, 0.1) is 0 Å². The van der Waals surface area contributed by atoms with Crippen LogP contribution < -0.4 is 24.4 Å². The smallest absolute Gasteiger partial charge is 0.345 e. The van der Waals surface area contributed by atoms with E-state index < -0.39 is 11.9 Å². The van der Waals surface area contributed by atoms with E-state index >= 15 is 0 Å². The largest absolute Gasteiger partial charge is 0.494 e. The van der Waals surface area contributed by atoms with Gasteiger partial charge in [0.05, 0.1) is 30.0 Å². The predicted molar refractivity (Wildman–Crippen MR) is 147 cm³/mol. The summed E-state index contributed by atoms with van der Waals surface area (Å²) >= 11 is 12.0. The van der Waals surface area contributed by atoms with Crippen LogP contribution in [0.2, 0.25) is 10.0 Å². The molecule has 10 heteroatoms. The van der Waals surface area contributed by atoms with Gasteiger partial charge in [0, 0.05) is 5.02 Å². The number of amides is 1. The average Bonchev–Trinajstić information content (AvgIpc) is 2.90. The van der Waals surface area contributed by atoms with Gasteiger partial charge in [-0.05, 0) is 79.6 Å². The molecule has 0 saturated carbocycles. The summed E-state index contributed by atoms with van der Waals surface area (Å²) in [5.41, 5.74) is 3.19. The molecule has 0 aliphatic rings. The van der Waals surface area contributed by atoms with E-state index in [1.165, 1.54) is 18.3 Å². The van der Waals surface area contributed by atoms with E-state index in [2.05, 4.69) is 17.5 Å². The van der Waals surface area contributed by atoms with Crippen molar-refractivity contribution in [2.45, 2.75) is 26.7 Å². The van der Waals surface area contributed by atoms with Crippen molar-refractivity contribution in [3.63, 3.8) is 0 Å². The molecular formula is C28H28Cl2N2O6. The molecule has 200 valence electrons. The Morgan fingerprint density at radius 3 is 2.32 bits per heavy atom. The van der Waals surface area contributed by atoms with Gasteiger partial charge in [0.15, 0.2) is 18.1 Å². The van der Waals surface area contributed by atoms with Crippen molar-refractivity contribution in [3.8, 4) is 23.0 Å². The zero-order valence-corrected chi connectivity index (χ0v) is 22.6. The van der Waals surface area contributed by atoms with Gasteiger partial charge in [-0.1, -0.05) is 36.5 Å². The number of ether oxygens (including phenoxy) is 4. The summed E-state index contributed by atoms with van der Waals surface area (Å²) in [7, 11) is 0. The zero-order chi connectivity index (χ0) is 27.3. The minimum atomic E-state index is -0.653. The van der Waals surface area contributed by atoms with Crippen LogP contribution in [0.1, 0.15) is 42.6 Å². The highest BCUT2D eigenvalue weighted by Crippen LogP contribution is 2.30. The van der Waals surface area contributed by atoms with Crippen LogP contribution in [0.25, 0.3) is 0 Å². The van der Waals surface area contributed by atoms with Gasteiger partial charge >= 0.3 is 5.97 Å².